The van der Waals surface area contributed by atoms with Gasteiger partial charge in [-0.2, -0.15) is 0 Å². The Morgan fingerprint density at radius 3 is 2.79 bits per heavy atom. The minimum Gasteiger partial charge on any atom is -0.384 e. The van der Waals surface area contributed by atoms with Crippen LogP contribution < -0.4 is 5.32 Å². The molecule has 0 aromatic heterocycles. The number of halogens is 1. The molecule has 1 fully saturated rings. The zero-order valence-corrected chi connectivity index (χ0v) is 12.3. The van der Waals surface area contributed by atoms with Crippen molar-refractivity contribution in [1.82, 2.24) is 4.90 Å². The van der Waals surface area contributed by atoms with Crippen molar-refractivity contribution in [3.63, 3.8) is 0 Å². The number of carbonyl (C=O) groups excluding carboxylic acids is 1. The molecule has 1 saturated carbocycles. The van der Waals surface area contributed by atoms with Crippen LogP contribution in [0.25, 0.3) is 0 Å². The summed E-state index contributed by atoms with van der Waals surface area (Å²) in [6, 6.07) is 5.86. The molecule has 1 aromatic carbocycles. The maximum Gasteiger partial charge on any atom is 0.255 e. The molecular weight excluding hydrogens is 260 g/mol. The average Bonchev–Trinajstić information content (AvgIpc) is 2.34. The number of nitrogens with zero attached hydrogens (tertiary/aromatic N) is 1. The van der Waals surface area contributed by atoms with Crippen molar-refractivity contribution in [2.24, 2.45) is 0 Å². The maximum atomic E-state index is 12.5. The van der Waals surface area contributed by atoms with E-state index in [1.807, 2.05) is 24.1 Å². The van der Waals surface area contributed by atoms with Gasteiger partial charge in [0.15, 0.2) is 0 Å². The van der Waals surface area contributed by atoms with Crippen molar-refractivity contribution in [2.75, 3.05) is 18.9 Å². The van der Waals surface area contributed by atoms with Crippen LogP contribution in [0, 0.1) is 0 Å². The summed E-state index contributed by atoms with van der Waals surface area (Å²) in [6.45, 7) is 2.96. The molecule has 0 unspecified atom stereocenters. The van der Waals surface area contributed by atoms with Gasteiger partial charge < -0.3 is 10.2 Å². The van der Waals surface area contributed by atoms with E-state index in [2.05, 4.69) is 12.2 Å². The van der Waals surface area contributed by atoms with Crippen LogP contribution in [0.5, 0.6) is 0 Å². The normalized spacial score (nSPS) is 14.9. The van der Waals surface area contributed by atoms with Crippen LogP contribution in [0.3, 0.4) is 0 Å². The van der Waals surface area contributed by atoms with E-state index >= 15 is 0 Å². The Labute approximate surface area is 119 Å². The zero-order chi connectivity index (χ0) is 13.8. The van der Waals surface area contributed by atoms with Gasteiger partial charge in [0.2, 0.25) is 0 Å². The molecule has 0 atom stereocenters. The minimum atomic E-state index is 0.0609. The molecule has 0 aliphatic heterocycles. The first kappa shape index (κ1) is 14.2. The number of carbonyl (C=O) groups is 1. The van der Waals surface area contributed by atoms with E-state index in [1.165, 1.54) is 6.42 Å². The third kappa shape index (κ3) is 3.21. The van der Waals surface area contributed by atoms with Crippen LogP contribution in [0.4, 0.5) is 5.69 Å². The summed E-state index contributed by atoms with van der Waals surface area (Å²) >= 11 is 6.03. The lowest BCUT2D eigenvalue weighted by Gasteiger charge is -2.35. The number of benzene rings is 1. The Hall–Kier alpha value is -1.22. The first-order valence-electron chi connectivity index (χ1n) is 6.94. The van der Waals surface area contributed by atoms with E-state index in [4.69, 9.17) is 11.6 Å². The fraction of sp³-hybridized carbons (Fsp3) is 0.533. The maximum absolute atomic E-state index is 12.5. The minimum absolute atomic E-state index is 0.0609. The van der Waals surface area contributed by atoms with Gasteiger partial charge in [-0.25, -0.2) is 0 Å². The van der Waals surface area contributed by atoms with E-state index < -0.39 is 0 Å². The largest absolute Gasteiger partial charge is 0.384 e. The second-order valence-corrected chi connectivity index (χ2v) is 5.55. The molecule has 1 aliphatic carbocycles. The molecule has 0 spiro atoms. The van der Waals surface area contributed by atoms with Crippen LogP contribution in [0.1, 0.15) is 43.0 Å². The van der Waals surface area contributed by atoms with Crippen LogP contribution >= 0.6 is 11.6 Å². The smallest absolute Gasteiger partial charge is 0.255 e. The Bertz CT molecular complexity index is 457. The molecule has 0 saturated heterocycles. The van der Waals surface area contributed by atoms with Crippen LogP contribution in [-0.2, 0) is 0 Å². The number of anilines is 1. The van der Waals surface area contributed by atoms with Gasteiger partial charge in [-0.3, -0.25) is 4.79 Å². The SMILES string of the molecule is CCCNc1ccc(Cl)cc1C(=O)N(C)C1CCC1. The summed E-state index contributed by atoms with van der Waals surface area (Å²) in [5.74, 6) is 0.0609. The monoisotopic (exact) mass is 280 g/mol. The van der Waals surface area contributed by atoms with Crippen molar-refractivity contribution >= 4 is 23.2 Å². The molecule has 4 heteroatoms. The van der Waals surface area contributed by atoms with Crippen molar-refractivity contribution in [3.05, 3.63) is 28.8 Å². The third-order valence-corrected chi connectivity index (χ3v) is 3.96. The van der Waals surface area contributed by atoms with E-state index in [0.29, 0.717) is 16.6 Å². The van der Waals surface area contributed by atoms with Gasteiger partial charge in [0.05, 0.1) is 5.56 Å². The van der Waals surface area contributed by atoms with E-state index in [9.17, 15) is 4.79 Å². The van der Waals surface area contributed by atoms with Gasteiger partial charge in [-0.1, -0.05) is 18.5 Å². The van der Waals surface area contributed by atoms with Crippen molar-refractivity contribution < 1.29 is 4.79 Å². The second kappa shape index (κ2) is 6.29. The number of hydrogen-bond acceptors (Lipinski definition) is 2. The summed E-state index contributed by atoms with van der Waals surface area (Å²) in [6.07, 6.45) is 4.47. The second-order valence-electron chi connectivity index (χ2n) is 5.12. The lowest BCUT2D eigenvalue weighted by molar-refractivity contribution is 0.0653. The number of hydrogen-bond donors (Lipinski definition) is 1. The van der Waals surface area contributed by atoms with Crippen molar-refractivity contribution in [1.29, 1.82) is 0 Å². The molecular formula is C15H21ClN2O. The lowest BCUT2D eigenvalue weighted by atomic mass is 9.91. The number of nitrogens with one attached hydrogen (secondary N) is 1. The molecule has 3 nitrogen and oxygen atoms in total. The van der Waals surface area contributed by atoms with Crippen molar-refractivity contribution in [2.45, 2.75) is 38.6 Å². The molecule has 0 radical (unpaired) electrons. The van der Waals surface area contributed by atoms with Gasteiger partial charge in [-0.05, 0) is 43.9 Å². The average molecular weight is 281 g/mol. The third-order valence-electron chi connectivity index (χ3n) is 3.72. The van der Waals surface area contributed by atoms with Gasteiger partial charge in [0, 0.05) is 30.3 Å². The molecule has 2 rings (SSSR count). The Morgan fingerprint density at radius 1 is 1.47 bits per heavy atom. The highest BCUT2D eigenvalue weighted by Gasteiger charge is 2.27. The molecule has 0 bridgehead atoms. The van der Waals surface area contributed by atoms with E-state index in [-0.39, 0.29) is 5.91 Å². The highest BCUT2D eigenvalue weighted by molar-refractivity contribution is 6.31. The highest BCUT2D eigenvalue weighted by Crippen LogP contribution is 2.28. The fourth-order valence-electron chi connectivity index (χ4n) is 2.24. The summed E-state index contributed by atoms with van der Waals surface area (Å²) in [5, 5.41) is 3.90. The molecule has 19 heavy (non-hydrogen) atoms. The molecule has 0 heterocycles. The summed E-state index contributed by atoms with van der Waals surface area (Å²) in [5.41, 5.74) is 1.55. The number of amides is 1. The molecule has 1 amide bonds. The lowest BCUT2D eigenvalue weighted by Crippen LogP contribution is -2.41. The first-order chi connectivity index (χ1) is 9.13. The Balaban J connectivity index is 2.20. The van der Waals surface area contributed by atoms with Crippen LogP contribution in [0.15, 0.2) is 18.2 Å². The molecule has 1 aromatic rings. The molecule has 1 N–H and O–H groups in total. The predicted octanol–water partition coefficient (Wildman–Crippen LogP) is 3.79. The quantitative estimate of drug-likeness (QED) is 0.890. The Morgan fingerprint density at radius 2 is 2.21 bits per heavy atom. The fourth-order valence-corrected chi connectivity index (χ4v) is 2.41. The summed E-state index contributed by atoms with van der Waals surface area (Å²) in [4.78, 5) is 14.4. The molecule has 104 valence electrons. The first-order valence-corrected chi connectivity index (χ1v) is 7.32. The predicted molar refractivity (Wildman–Crippen MR) is 80.0 cm³/mol. The van der Waals surface area contributed by atoms with Gasteiger partial charge >= 0.3 is 0 Å². The van der Waals surface area contributed by atoms with E-state index in [1.54, 1.807) is 6.07 Å². The van der Waals surface area contributed by atoms with Gasteiger partial charge in [0.1, 0.15) is 0 Å². The van der Waals surface area contributed by atoms with Gasteiger partial charge in [-0.15, -0.1) is 0 Å². The highest BCUT2D eigenvalue weighted by atomic mass is 35.5. The number of rotatable bonds is 5. The molecule has 1 aliphatic rings. The van der Waals surface area contributed by atoms with Crippen LogP contribution in [-0.4, -0.2) is 30.4 Å². The van der Waals surface area contributed by atoms with Crippen molar-refractivity contribution in [3.8, 4) is 0 Å². The van der Waals surface area contributed by atoms with Gasteiger partial charge in [0.25, 0.3) is 5.91 Å². The summed E-state index contributed by atoms with van der Waals surface area (Å²) in [7, 11) is 1.89. The standard InChI is InChI=1S/C15H21ClN2O/c1-3-9-17-14-8-7-11(16)10-13(14)15(19)18(2)12-5-4-6-12/h7-8,10,12,17H,3-6,9H2,1-2H3. The van der Waals surface area contributed by atoms with Crippen LogP contribution in [0.2, 0.25) is 5.02 Å². The Kier molecular flexibility index (Phi) is 4.70. The zero-order valence-electron chi connectivity index (χ0n) is 11.6. The van der Waals surface area contributed by atoms with E-state index in [0.717, 1.165) is 31.5 Å². The summed E-state index contributed by atoms with van der Waals surface area (Å²) < 4.78 is 0. The topological polar surface area (TPSA) is 32.3 Å².